The molecule has 4 rings (SSSR count). The number of benzene rings is 1. The molecule has 0 aliphatic carbocycles. The van der Waals surface area contributed by atoms with Gasteiger partial charge in [0, 0.05) is 29.9 Å². The molecule has 0 unspecified atom stereocenters. The van der Waals surface area contributed by atoms with Crippen LogP contribution in [0.15, 0.2) is 24.3 Å². The number of H-pyrrole nitrogens is 1. The number of halogens is 1. The van der Waals surface area contributed by atoms with Gasteiger partial charge in [0.25, 0.3) is 5.91 Å². The van der Waals surface area contributed by atoms with Gasteiger partial charge in [-0.25, -0.2) is 0 Å². The van der Waals surface area contributed by atoms with Crippen molar-refractivity contribution in [1.82, 2.24) is 9.88 Å². The van der Waals surface area contributed by atoms with Gasteiger partial charge in [0.15, 0.2) is 6.29 Å². The maximum Gasteiger partial charge on any atom is 0.271 e. The molecule has 1 amide bonds. The Kier molecular flexibility index (Phi) is 4.01. The Hall–Kier alpha value is -1.56. The van der Waals surface area contributed by atoms with Gasteiger partial charge in [-0.2, -0.15) is 0 Å². The van der Waals surface area contributed by atoms with Gasteiger partial charge < -0.3 is 19.4 Å². The number of amides is 1. The smallest absolute Gasteiger partial charge is 0.271 e. The van der Waals surface area contributed by atoms with Crippen LogP contribution in [0.25, 0.3) is 10.9 Å². The molecule has 3 heterocycles. The summed E-state index contributed by atoms with van der Waals surface area (Å²) in [6.07, 6.45) is 1.70. The number of aromatic nitrogens is 1. The highest BCUT2D eigenvalue weighted by molar-refractivity contribution is 6.38. The van der Waals surface area contributed by atoms with E-state index in [1.165, 1.54) is 0 Å². The molecule has 0 radical (unpaired) electrons. The van der Waals surface area contributed by atoms with Crippen LogP contribution in [0, 0.1) is 5.92 Å². The summed E-state index contributed by atoms with van der Waals surface area (Å²) < 4.78 is 11.2. The minimum atomic E-state index is -0.0936. The van der Waals surface area contributed by atoms with E-state index in [0.717, 1.165) is 23.7 Å². The van der Waals surface area contributed by atoms with E-state index in [1.807, 2.05) is 29.2 Å². The van der Waals surface area contributed by atoms with Gasteiger partial charge >= 0.3 is 0 Å². The van der Waals surface area contributed by atoms with E-state index in [9.17, 15) is 4.79 Å². The molecule has 1 aromatic carbocycles. The van der Waals surface area contributed by atoms with Crippen LogP contribution in [0.4, 0.5) is 0 Å². The molecule has 0 atom stereocenters. The number of rotatable bonds is 2. The fourth-order valence-corrected chi connectivity index (χ4v) is 3.73. The minimum absolute atomic E-state index is 0.0297. The lowest BCUT2D eigenvalue weighted by Gasteiger charge is -2.33. The summed E-state index contributed by atoms with van der Waals surface area (Å²) in [6, 6.07) is 7.70. The fourth-order valence-electron chi connectivity index (χ4n) is 3.44. The standard InChI is InChI=1S/C17H19ClN2O3/c18-14-12-3-1-2-4-13(12)19-15(14)16(21)20-7-5-11(6-8-20)17-22-9-10-23-17/h1-4,11,17,19H,5-10H2. The van der Waals surface area contributed by atoms with Crippen molar-refractivity contribution in [3.63, 3.8) is 0 Å². The topological polar surface area (TPSA) is 54.6 Å². The molecule has 23 heavy (non-hydrogen) atoms. The largest absolute Gasteiger partial charge is 0.350 e. The predicted octanol–water partition coefficient (Wildman–Crippen LogP) is 3.05. The molecular weight excluding hydrogens is 316 g/mol. The number of ether oxygens (including phenoxy) is 2. The van der Waals surface area contributed by atoms with Crippen LogP contribution in [0.2, 0.25) is 5.02 Å². The quantitative estimate of drug-likeness (QED) is 0.918. The summed E-state index contributed by atoms with van der Waals surface area (Å²) in [6.45, 7) is 2.76. The zero-order valence-corrected chi connectivity index (χ0v) is 13.5. The fraction of sp³-hybridized carbons (Fsp3) is 0.471. The van der Waals surface area contributed by atoms with Gasteiger partial charge in [0.1, 0.15) is 5.69 Å². The van der Waals surface area contributed by atoms with Gasteiger partial charge in [-0.3, -0.25) is 4.79 Å². The number of carbonyl (C=O) groups is 1. The number of aromatic amines is 1. The molecule has 122 valence electrons. The third-order valence-electron chi connectivity index (χ3n) is 4.72. The normalized spacial score (nSPS) is 20.5. The number of nitrogens with one attached hydrogen (secondary N) is 1. The summed E-state index contributed by atoms with van der Waals surface area (Å²) >= 11 is 6.38. The van der Waals surface area contributed by atoms with Crippen LogP contribution in [-0.2, 0) is 9.47 Å². The molecule has 2 aliphatic rings. The molecule has 2 saturated heterocycles. The van der Waals surface area contributed by atoms with Crippen LogP contribution in [-0.4, -0.2) is 48.4 Å². The Morgan fingerprint density at radius 2 is 1.87 bits per heavy atom. The molecule has 0 bridgehead atoms. The lowest BCUT2D eigenvalue weighted by atomic mass is 9.96. The van der Waals surface area contributed by atoms with Crippen molar-refractivity contribution in [2.45, 2.75) is 19.1 Å². The second-order valence-electron chi connectivity index (χ2n) is 6.10. The summed E-state index contributed by atoms with van der Waals surface area (Å²) in [5.74, 6) is 0.345. The third-order valence-corrected chi connectivity index (χ3v) is 5.11. The van der Waals surface area contributed by atoms with Crippen molar-refractivity contribution >= 4 is 28.4 Å². The van der Waals surface area contributed by atoms with Gasteiger partial charge in [-0.15, -0.1) is 0 Å². The lowest BCUT2D eigenvalue weighted by molar-refractivity contribution is -0.0956. The first-order valence-electron chi connectivity index (χ1n) is 8.03. The second-order valence-corrected chi connectivity index (χ2v) is 6.48. The van der Waals surface area contributed by atoms with Crippen molar-refractivity contribution < 1.29 is 14.3 Å². The summed E-state index contributed by atoms with van der Waals surface area (Å²) in [5.41, 5.74) is 1.38. The van der Waals surface area contributed by atoms with E-state index < -0.39 is 0 Å². The monoisotopic (exact) mass is 334 g/mol. The summed E-state index contributed by atoms with van der Waals surface area (Å²) in [7, 11) is 0. The highest BCUT2D eigenvalue weighted by atomic mass is 35.5. The van der Waals surface area contributed by atoms with E-state index >= 15 is 0 Å². The van der Waals surface area contributed by atoms with Crippen molar-refractivity contribution in [2.24, 2.45) is 5.92 Å². The maximum absolute atomic E-state index is 12.8. The number of para-hydroxylation sites is 1. The number of hydrogen-bond donors (Lipinski definition) is 1. The van der Waals surface area contributed by atoms with E-state index in [0.29, 0.717) is 42.9 Å². The highest BCUT2D eigenvalue weighted by Crippen LogP contribution is 2.30. The Bertz CT molecular complexity index is 716. The van der Waals surface area contributed by atoms with Crippen LogP contribution < -0.4 is 0 Å². The summed E-state index contributed by atoms with van der Waals surface area (Å²) in [4.78, 5) is 17.8. The first-order valence-corrected chi connectivity index (χ1v) is 8.40. The van der Waals surface area contributed by atoms with E-state index in [-0.39, 0.29) is 12.2 Å². The molecule has 0 spiro atoms. The Balaban J connectivity index is 1.48. The van der Waals surface area contributed by atoms with Crippen LogP contribution in [0.5, 0.6) is 0 Å². The first kappa shape index (κ1) is 15.0. The Morgan fingerprint density at radius 3 is 2.57 bits per heavy atom. The van der Waals surface area contributed by atoms with Crippen molar-refractivity contribution in [3.05, 3.63) is 35.0 Å². The van der Waals surface area contributed by atoms with E-state index in [2.05, 4.69) is 4.98 Å². The Morgan fingerprint density at radius 1 is 1.17 bits per heavy atom. The van der Waals surface area contributed by atoms with Gasteiger partial charge in [-0.1, -0.05) is 29.8 Å². The average Bonchev–Trinajstić information content (AvgIpc) is 3.23. The van der Waals surface area contributed by atoms with E-state index in [1.54, 1.807) is 0 Å². The number of piperidine rings is 1. The molecule has 6 heteroatoms. The zero-order valence-electron chi connectivity index (χ0n) is 12.8. The number of nitrogens with zero attached hydrogens (tertiary/aromatic N) is 1. The van der Waals surface area contributed by atoms with Gasteiger partial charge in [-0.05, 0) is 18.9 Å². The molecule has 2 aromatic rings. The molecule has 0 saturated carbocycles. The zero-order chi connectivity index (χ0) is 15.8. The molecule has 1 aromatic heterocycles. The predicted molar refractivity (Wildman–Crippen MR) is 87.6 cm³/mol. The number of likely N-dealkylation sites (tertiary alicyclic amines) is 1. The van der Waals surface area contributed by atoms with Crippen LogP contribution in [0.1, 0.15) is 23.3 Å². The maximum atomic E-state index is 12.8. The van der Waals surface area contributed by atoms with Crippen molar-refractivity contribution in [3.8, 4) is 0 Å². The van der Waals surface area contributed by atoms with Crippen molar-refractivity contribution in [1.29, 1.82) is 0 Å². The van der Waals surface area contributed by atoms with Crippen LogP contribution in [0.3, 0.4) is 0 Å². The molecule has 1 N–H and O–H groups in total. The minimum Gasteiger partial charge on any atom is -0.350 e. The number of carbonyl (C=O) groups excluding carboxylic acids is 1. The number of fused-ring (bicyclic) bond motifs is 1. The summed E-state index contributed by atoms with van der Waals surface area (Å²) in [5, 5.41) is 1.40. The first-order chi connectivity index (χ1) is 11.2. The van der Waals surface area contributed by atoms with Gasteiger partial charge in [0.05, 0.1) is 18.2 Å². The van der Waals surface area contributed by atoms with Crippen molar-refractivity contribution in [2.75, 3.05) is 26.3 Å². The van der Waals surface area contributed by atoms with Crippen LogP contribution >= 0.6 is 11.6 Å². The lowest BCUT2D eigenvalue weighted by Crippen LogP contribution is -2.41. The molecule has 2 fully saturated rings. The second kappa shape index (κ2) is 6.15. The highest BCUT2D eigenvalue weighted by Gasteiger charge is 2.33. The molecule has 5 nitrogen and oxygen atoms in total. The molecular formula is C17H19ClN2O3. The third kappa shape index (κ3) is 2.73. The Labute approximate surface area is 139 Å². The van der Waals surface area contributed by atoms with E-state index in [4.69, 9.17) is 21.1 Å². The SMILES string of the molecule is O=C(c1[nH]c2ccccc2c1Cl)N1CCC(C2OCCO2)CC1. The number of hydrogen-bond acceptors (Lipinski definition) is 3. The van der Waals surface area contributed by atoms with Gasteiger partial charge in [0.2, 0.25) is 0 Å². The molecule has 2 aliphatic heterocycles. The average molecular weight is 335 g/mol.